The van der Waals surface area contributed by atoms with Crippen LogP contribution in [-0.4, -0.2) is 41.7 Å². The predicted octanol–water partition coefficient (Wildman–Crippen LogP) is -0.469. The largest absolute Gasteiger partial charge is 0.313 e. The van der Waals surface area contributed by atoms with Gasteiger partial charge in [0.1, 0.15) is 12.2 Å². The van der Waals surface area contributed by atoms with Crippen molar-refractivity contribution in [2.24, 2.45) is 0 Å². The van der Waals surface area contributed by atoms with E-state index in [9.17, 15) is 8.42 Å². The maximum absolute atomic E-state index is 11.5. The van der Waals surface area contributed by atoms with Gasteiger partial charge < -0.3 is 5.32 Å². The van der Waals surface area contributed by atoms with Crippen molar-refractivity contribution in [3.05, 3.63) is 12.2 Å². The van der Waals surface area contributed by atoms with E-state index in [-0.39, 0.29) is 11.5 Å². The Bertz CT molecular complexity index is 481. The quantitative estimate of drug-likeness (QED) is 0.778. The van der Waals surface area contributed by atoms with Gasteiger partial charge in [-0.15, -0.1) is 0 Å². The molecule has 2 rings (SSSR count). The van der Waals surface area contributed by atoms with Crippen molar-refractivity contribution >= 4 is 9.84 Å². The zero-order valence-corrected chi connectivity index (χ0v) is 10.3. The number of nitrogens with zero attached hydrogens (tertiary/aromatic N) is 3. The summed E-state index contributed by atoms with van der Waals surface area (Å²) in [7, 11) is -1.09. The third kappa shape index (κ3) is 1.97. The van der Waals surface area contributed by atoms with E-state index in [1.165, 1.54) is 6.33 Å². The van der Waals surface area contributed by atoms with Gasteiger partial charge in [0.25, 0.3) is 0 Å². The molecule has 1 fully saturated rings. The van der Waals surface area contributed by atoms with Crippen LogP contribution in [0.3, 0.4) is 0 Å². The third-order valence-electron chi connectivity index (χ3n) is 2.95. The lowest BCUT2D eigenvalue weighted by atomic mass is 10.0. The minimum absolute atomic E-state index is 0.153. The fourth-order valence-electron chi connectivity index (χ4n) is 2.16. The molecule has 7 heteroatoms. The van der Waals surface area contributed by atoms with E-state index in [0.717, 1.165) is 5.82 Å². The molecule has 0 bridgehead atoms. The first-order valence-corrected chi connectivity index (χ1v) is 7.03. The van der Waals surface area contributed by atoms with Crippen LogP contribution in [0.5, 0.6) is 0 Å². The molecule has 0 spiro atoms. The van der Waals surface area contributed by atoms with E-state index >= 15 is 0 Å². The lowest BCUT2D eigenvalue weighted by Crippen LogP contribution is -2.34. The van der Waals surface area contributed by atoms with Crippen LogP contribution in [0.25, 0.3) is 0 Å². The normalized spacial score (nSPS) is 28.4. The Morgan fingerprint density at radius 1 is 1.62 bits per heavy atom. The van der Waals surface area contributed by atoms with Gasteiger partial charge in [0, 0.05) is 0 Å². The Kier molecular flexibility index (Phi) is 2.75. The Balaban J connectivity index is 2.33. The van der Waals surface area contributed by atoms with Crippen LogP contribution in [0.4, 0.5) is 0 Å². The van der Waals surface area contributed by atoms with E-state index in [4.69, 9.17) is 0 Å². The van der Waals surface area contributed by atoms with Crippen LogP contribution in [0.15, 0.2) is 6.33 Å². The standard InChI is InChI=1S/C9H16N4O2S/c1-9(3-4-16(14,15)6-9)13-8(5-10-2)11-7-12-13/h7,10H,3-6H2,1-2H3. The van der Waals surface area contributed by atoms with Crippen LogP contribution in [0.1, 0.15) is 19.2 Å². The fourth-order valence-corrected chi connectivity index (χ4v) is 4.26. The summed E-state index contributed by atoms with van der Waals surface area (Å²) in [5, 5.41) is 7.15. The van der Waals surface area contributed by atoms with Crippen LogP contribution >= 0.6 is 0 Å². The number of hydrogen-bond acceptors (Lipinski definition) is 5. The molecule has 1 aromatic heterocycles. The minimum atomic E-state index is -2.92. The van der Waals surface area contributed by atoms with Crippen molar-refractivity contribution in [3.8, 4) is 0 Å². The van der Waals surface area contributed by atoms with Gasteiger partial charge in [-0.2, -0.15) is 5.10 Å². The highest BCUT2D eigenvalue weighted by molar-refractivity contribution is 7.91. The number of hydrogen-bond donors (Lipinski definition) is 1. The van der Waals surface area contributed by atoms with Gasteiger partial charge in [-0.25, -0.2) is 18.1 Å². The molecule has 0 radical (unpaired) electrons. The molecule has 90 valence electrons. The van der Waals surface area contributed by atoms with Crippen LogP contribution in [0, 0.1) is 0 Å². The topological polar surface area (TPSA) is 76.9 Å². The van der Waals surface area contributed by atoms with Gasteiger partial charge in [0.15, 0.2) is 9.84 Å². The van der Waals surface area contributed by atoms with Crippen LogP contribution in [0.2, 0.25) is 0 Å². The third-order valence-corrected chi connectivity index (χ3v) is 4.83. The zero-order chi connectivity index (χ0) is 11.8. The van der Waals surface area contributed by atoms with E-state index in [1.54, 1.807) is 4.68 Å². The zero-order valence-electron chi connectivity index (χ0n) is 9.47. The van der Waals surface area contributed by atoms with Gasteiger partial charge in [-0.3, -0.25) is 0 Å². The molecular formula is C9H16N4O2S. The lowest BCUT2D eigenvalue weighted by molar-refractivity contribution is 0.314. The molecule has 0 saturated carbocycles. The van der Waals surface area contributed by atoms with Gasteiger partial charge in [0.05, 0.1) is 23.6 Å². The second-order valence-corrected chi connectivity index (χ2v) is 6.64. The summed E-state index contributed by atoms with van der Waals surface area (Å²) in [5.41, 5.74) is -0.443. The SMILES string of the molecule is CNCc1ncnn1C1(C)CCS(=O)(=O)C1. The van der Waals surface area contributed by atoms with E-state index in [1.807, 2.05) is 14.0 Å². The molecule has 1 aromatic rings. The summed E-state index contributed by atoms with van der Waals surface area (Å²) in [6.07, 6.45) is 2.08. The molecular weight excluding hydrogens is 228 g/mol. The van der Waals surface area contributed by atoms with E-state index < -0.39 is 15.4 Å². The Labute approximate surface area is 95.0 Å². The van der Waals surface area contributed by atoms with Gasteiger partial charge in [-0.1, -0.05) is 0 Å². The summed E-state index contributed by atoms with van der Waals surface area (Å²) in [6.45, 7) is 2.51. The lowest BCUT2D eigenvalue weighted by Gasteiger charge is -2.24. The van der Waals surface area contributed by atoms with Gasteiger partial charge >= 0.3 is 0 Å². The van der Waals surface area contributed by atoms with Crippen molar-refractivity contribution in [1.29, 1.82) is 0 Å². The average Bonchev–Trinajstić information content (AvgIpc) is 2.73. The fraction of sp³-hybridized carbons (Fsp3) is 0.778. The van der Waals surface area contributed by atoms with E-state index in [2.05, 4.69) is 15.4 Å². The summed E-state index contributed by atoms with van der Waals surface area (Å²) in [4.78, 5) is 4.14. The number of sulfone groups is 1. The first-order chi connectivity index (χ1) is 7.47. The van der Waals surface area contributed by atoms with Crippen molar-refractivity contribution in [3.63, 3.8) is 0 Å². The second kappa shape index (κ2) is 3.81. The highest BCUT2D eigenvalue weighted by Gasteiger charge is 2.41. The summed E-state index contributed by atoms with van der Waals surface area (Å²) >= 11 is 0. The van der Waals surface area contributed by atoms with Crippen molar-refractivity contribution in [1.82, 2.24) is 20.1 Å². The molecule has 1 saturated heterocycles. The Morgan fingerprint density at radius 2 is 2.38 bits per heavy atom. The molecule has 1 atom stereocenters. The van der Waals surface area contributed by atoms with Crippen molar-refractivity contribution < 1.29 is 8.42 Å². The summed E-state index contributed by atoms with van der Waals surface area (Å²) in [5.74, 6) is 1.17. The minimum Gasteiger partial charge on any atom is -0.313 e. The Morgan fingerprint density at radius 3 is 2.94 bits per heavy atom. The summed E-state index contributed by atoms with van der Waals surface area (Å²) < 4.78 is 24.8. The summed E-state index contributed by atoms with van der Waals surface area (Å²) in [6, 6.07) is 0. The maximum atomic E-state index is 11.5. The van der Waals surface area contributed by atoms with Crippen LogP contribution < -0.4 is 5.32 Å². The number of aromatic nitrogens is 3. The molecule has 1 unspecified atom stereocenters. The number of rotatable bonds is 3. The van der Waals surface area contributed by atoms with Gasteiger partial charge in [0.2, 0.25) is 0 Å². The molecule has 0 aliphatic carbocycles. The monoisotopic (exact) mass is 244 g/mol. The highest BCUT2D eigenvalue weighted by Crippen LogP contribution is 2.30. The first-order valence-electron chi connectivity index (χ1n) is 5.21. The first kappa shape index (κ1) is 11.5. The average molecular weight is 244 g/mol. The predicted molar refractivity (Wildman–Crippen MR) is 59.7 cm³/mol. The van der Waals surface area contributed by atoms with Crippen molar-refractivity contribution in [2.75, 3.05) is 18.6 Å². The molecule has 1 N–H and O–H groups in total. The molecule has 0 amide bonds. The van der Waals surface area contributed by atoms with E-state index in [0.29, 0.717) is 13.0 Å². The second-order valence-electron chi connectivity index (χ2n) is 4.46. The smallest absolute Gasteiger partial charge is 0.152 e. The molecule has 6 nitrogen and oxygen atoms in total. The molecule has 0 aromatic carbocycles. The maximum Gasteiger partial charge on any atom is 0.152 e. The molecule has 1 aliphatic heterocycles. The van der Waals surface area contributed by atoms with Gasteiger partial charge in [-0.05, 0) is 20.4 Å². The van der Waals surface area contributed by atoms with Crippen LogP contribution in [-0.2, 0) is 21.9 Å². The highest BCUT2D eigenvalue weighted by atomic mass is 32.2. The molecule has 1 aliphatic rings. The molecule has 16 heavy (non-hydrogen) atoms. The molecule has 2 heterocycles. The Hall–Kier alpha value is -0.950. The number of nitrogens with one attached hydrogen (secondary N) is 1. The van der Waals surface area contributed by atoms with Crippen molar-refractivity contribution in [2.45, 2.75) is 25.4 Å².